The molecule has 1 heterocycles. The molecule has 4 rings (SSSR count). The Bertz CT molecular complexity index is 1270. The molecule has 0 saturated carbocycles. The lowest BCUT2D eigenvalue weighted by Crippen LogP contribution is -2.48. The van der Waals surface area contributed by atoms with E-state index in [4.69, 9.17) is 16.3 Å². The van der Waals surface area contributed by atoms with E-state index >= 15 is 0 Å². The normalized spacial score (nSPS) is 13.1. The van der Waals surface area contributed by atoms with Crippen molar-refractivity contribution in [3.8, 4) is 5.75 Å². The first-order valence-corrected chi connectivity index (χ1v) is 13.4. The molecule has 0 unspecified atom stereocenters. The van der Waals surface area contributed by atoms with E-state index in [2.05, 4.69) is 10.2 Å². The van der Waals surface area contributed by atoms with Crippen LogP contribution in [0.15, 0.2) is 72.8 Å². The average molecular weight is 549 g/mol. The van der Waals surface area contributed by atoms with Crippen molar-refractivity contribution < 1.29 is 19.1 Å². The molecule has 39 heavy (non-hydrogen) atoms. The van der Waals surface area contributed by atoms with Crippen molar-refractivity contribution in [1.82, 2.24) is 9.80 Å². The molecule has 0 spiro atoms. The van der Waals surface area contributed by atoms with Crippen LogP contribution in [0, 0.1) is 0 Å². The highest BCUT2D eigenvalue weighted by atomic mass is 35.5. The zero-order chi connectivity index (χ0) is 27.8. The van der Waals surface area contributed by atoms with E-state index in [1.54, 1.807) is 60.5 Å². The number of anilines is 2. The fourth-order valence-corrected chi connectivity index (χ4v) is 4.64. The van der Waals surface area contributed by atoms with Crippen molar-refractivity contribution in [1.29, 1.82) is 0 Å². The Kier molecular flexibility index (Phi) is 9.44. The summed E-state index contributed by atoms with van der Waals surface area (Å²) in [5.74, 6) is 0.274. The van der Waals surface area contributed by atoms with E-state index in [1.807, 2.05) is 36.1 Å². The summed E-state index contributed by atoms with van der Waals surface area (Å²) in [6, 6.07) is 21.4. The molecule has 1 aliphatic rings. The Morgan fingerprint density at radius 3 is 2.08 bits per heavy atom. The summed E-state index contributed by atoms with van der Waals surface area (Å²) in [6.45, 7) is 5.07. The number of nitrogens with one attached hydrogen (secondary N) is 1. The molecule has 1 fully saturated rings. The summed E-state index contributed by atoms with van der Waals surface area (Å²) in [6.07, 6.45) is 0.736. The van der Waals surface area contributed by atoms with Gasteiger partial charge in [0.1, 0.15) is 12.3 Å². The number of rotatable bonds is 9. The van der Waals surface area contributed by atoms with Crippen LogP contribution in [0.3, 0.4) is 0 Å². The van der Waals surface area contributed by atoms with Gasteiger partial charge in [0, 0.05) is 60.2 Å². The van der Waals surface area contributed by atoms with Crippen LogP contribution < -0.4 is 15.0 Å². The van der Waals surface area contributed by atoms with Crippen LogP contribution in [0.5, 0.6) is 5.75 Å². The lowest BCUT2D eigenvalue weighted by molar-refractivity contribution is -0.116. The van der Waals surface area contributed by atoms with Gasteiger partial charge in [-0.3, -0.25) is 14.4 Å². The maximum absolute atomic E-state index is 12.9. The smallest absolute Gasteiger partial charge is 0.254 e. The lowest BCUT2D eigenvalue weighted by atomic mass is 10.1. The van der Waals surface area contributed by atoms with Gasteiger partial charge in [-0.2, -0.15) is 0 Å². The van der Waals surface area contributed by atoms with Gasteiger partial charge in [-0.05, 0) is 79.2 Å². The van der Waals surface area contributed by atoms with Crippen LogP contribution in [0.1, 0.15) is 34.1 Å². The lowest BCUT2D eigenvalue weighted by Gasteiger charge is -2.36. The van der Waals surface area contributed by atoms with E-state index in [-0.39, 0.29) is 24.3 Å². The number of benzene rings is 3. The number of nitrogens with zero attached hydrogens (tertiary/aromatic N) is 3. The van der Waals surface area contributed by atoms with Gasteiger partial charge in [0.05, 0.1) is 7.11 Å². The third-order valence-electron chi connectivity index (χ3n) is 6.63. The summed E-state index contributed by atoms with van der Waals surface area (Å²) >= 11 is 5.93. The fourth-order valence-electron chi connectivity index (χ4n) is 4.51. The number of carbonyl (C=O) groups is 3. The van der Waals surface area contributed by atoms with Crippen molar-refractivity contribution in [2.75, 3.05) is 56.6 Å². The number of halogens is 1. The van der Waals surface area contributed by atoms with Crippen LogP contribution in [-0.4, -0.2) is 73.9 Å². The first kappa shape index (κ1) is 28.0. The molecule has 0 bridgehead atoms. The summed E-state index contributed by atoms with van der Waals surface area (Å²) < 4.78 is 5.17. The molecule has 3 aromatic carbocycles. The predicted octanol–water partition coefficient (Wildman–Crippen LogP) is 4.80. The third-order valence-corrected chi connectivity index (χ3v) is 6.88. The second-order valence-corrected chi connectivity index (χ2v) is 9.77. The summed E-state index contributed by atoms with van der Waals surface area (Å²) in [7, 11) is 1.60. The third kappa shape index (κ3) is 7.29. The summed E-state index contributed by atoms with van der Waals surface area (Å²) in [5, 5.41) is 3.44. The molecule has 0 atom stereocenters. The number of carbonyl (C=O) groups excluding carboxylic acids is 3. The zero-order valence-corrected chi connectivity index (χ0v) is 23.0. The highest BCUT2D eigenvalue weighted by Crippen LogP contribution is 2.21. The number of methoxy groups -OCH3 is 1. The van der Waals surface area contributed by atoms with Gasteiger partial charge in [0.15, 0.2) is 0 Å². The SMILES string of the molecule is CCCN(CC(=O)Nc1ccc(N2CCN(C(=O)c3ccc(OC)cc3)CC2)cc1)C(=O)c1ccc(Cl)cc1. The minimum atomic E-state index is -0.260. The van der Waals surface area contributed by atoms with E-state index in [0.717, 1.165) is 17.9 Å². The zero-order valence-electron chi connectivity index (χ0n) is 22.2. The van der Waals surface area contributed by atoms with E-state index < -0.39 is 0 Å². The molecule has 0 radical (unpaired) electrons. The number of amides is 3. The molecule has 3 aromatic rings. The highest BCUT2D eigenvalue weighted by molar-refractivity contribution is 6.30. The molecular formula is C30H33ClN4O4. The monoisotopic (exact) mass is 548 g/mol. The van der Waals surface area contributed by atoms with Crippen LogP contribution in [-0.2, 0) is 4.79 Å². The Morgan fingerprint density at radius 1 is 0.872 bits per heavy atom. The Hall–Kier alpha value is -4.04. The van der Waals surface area contributed by atoms with Gasteiger partial charge in [-0.25, -0.2) is 0 Å². The number of hydrogen-bond acceptors (Lipinski definition) is 5. The molecule has 3 amide bonds. The number of hydrogen-bond donors (Lipinski definition) is 1. The molecule has 1 N–H and O–H groups in total. The van der Waals surface area contributed by atoms with Crippen molar-refractivity contribution in [3.05, 3.63) is 88.9 Å². The van der Waals surface area contributed by atoms with Gasteiger partial charge in [0.25, 0.3) is 11.8 Å². The van der Waals surface area contributed by atoms with Crippen LogP contribution >= 0.6 is 11.6 Å². The maximum atomic E-state index is 12.9. The van der Waals surface area contributed by atoms with Gasteiger partial charge >= 0.3 is 0 Å². The molecular weight excluding hydrogens is 516 g/mol. The maximum Gasteiger partial charge on any atom is 0.254 e. The molecule has 9 heteroatoms. The minimum Gasteiger partial charge on any atom is -0.497 e. The average Bonchev–Trinajstić information content (AvgIpc) is 2.97. The molecule has 204 valence electrons. The Labute approximate surface area is 234 Å². The predicted molar refractivity (Wildman–Crippen MR) is 154 cm³/mol. The van der Waals surface area contributed by atoms with E-state index in [1.165, 1.54) is 0 Å². The standard InChI is InChI=1S/C30H33ClN4O4/c1-3-16-35(30(38)22-4-8-24(31)9-5-22)21-28(36)32-25-10-12-26(13-11-25)33-17-19-34(20-18-33)29(37)23-6-14-27(39-2)15-7-23/h4-15H,3,16-21H2,1-2H3,(H,32,36). The highest BCUT2D eigenvalue weighted by Gasteiger charge is 2.23. The van der Waals surface area contributed by atoms with Gasteiger partial charge in [-0.1, -0.05) is 18.5 Å². The number of piperazine rings is 1. The topological polar surface area (TPSA) is 82.2 Å². The molecule has 1 saturated heterocycles. The van der Waals surface area contributed by atoms with Crippen molar-refractivity contribution in [3.63, 3.8) is 0 Å². The van der Waals surface area contributed by atoms with Crippen LogP contribution in [0.4, 0.5) is 11.4 Å². The molecule has 8 nitrogen and oxygen atoms in total. The fraction of sp³-hybridized carbons (Fsp3) is 0.300. The summed E-state index contributed by atoms with van der Waals surface area (Å²) in [5.41, 5.74) is 2.83. The largest absolute Gasteiger partial charge is 0.497 e. The van der Waals surface area contributed by atoms with E-state index in [0.29, 0.717) is 54.6 Å². The Morgan fingerprint density at radius 2 is 1.49 bits per heavy atom. The van der Waals surface area contributed by atoms with Crippen LogP contribution in [0.25, 0.3) is 0 Å². The molecule has 1 aliphatic heterocycles. The van der Waals surface area contributed by atoms with Gasteiger partial charge in [-0.15, -0.1) is 0 Å². The second-order valence-electron chi connectivity index (χ2n) is 9.34. The van der Waals surface area contributed by atoms with Crippen LogP contribution in [0.2, 0.25) is 5.02 Å². The first-order chi connectivity index (χ1) is 18.9. The van der Waals surface area contributed by atoms with Gasteiger partial charge < -0.3 is 24.8 Å². The van der Waals surface area contributed by atoms with E-state index in [9.17, 15) is 14.4 Å². The minimum absolute atomic E-state index is 0.0158. The Balaban J connectivity index is 1.29. The number of ether oxygens (including phenoxy) is 1. The quantitative estimate of drug-likeness (QED) is 0.415. The molecule has 0 aromatic heterocycles. The van der Waals surface area contributed by atoms with Crippen molar-refractivity contribution >= 4 is 40.7 Å². The van der Waals surface area contributed by atoms with Gasteiger partial charge in [0.2, 0.25) is 5.91 Å². The van der Waals surface area contributed by atoms with Crippen molar-refractivity contribution in [2.24, 2.45) is 0 Å². The molecule has 0 aliphatic carbocycles. The second kappa shape index (κ2) is 13.2. The van der Waals surface area contributed by atoms with Crippen molar-refractivity contribution in [2.45, 2.75) is 13.3 Å². The summed E-state index contributed by atoms with van der Waals surface area (Å²) in [4.78, 5) is 44.1. The first-order valence-electron chi connectivity index (χ1n) is 13.0.